The number of nitrogens with two attached hydrogens (primary N) is 1. The van der Waals surface area contributed by atoms with Crippen LogP contribution in [-0.2, 0) is 30.5 Å². The molecule has 0 spiro atoms. The zero-order chi connectivity index (χ0) is 52.9. The van der Waals surface area contributed by atoms with Gasteiger partial charge in [0.05, 0.1) is 23.6 Å². The maximum Gasteiger partial charge on any atom is 0.410 e. The van der Waals surface area contributed by atoms with E-state index in [-0.39, 0.29) is 55.9 Å². The van der Waals surface area contributed by atoms with Crippen molar-refractivity contribution in [3.63, 3.8) is 0 Å². The van der Waals surface area contributed by atoms with E-state index >= 15 is 0 Å². The highest BCUT2D eigenvalue weighted by molar-refractivity contribution is 6.05. The quantitative estimate of drug-likeness (QED) is 0.0503. The van der Waals surface area contributed by atoms with Gasteiger partial charge in [0.25, 0.3) is 0 Å². The summed E-state index contributed by atoms with van der Waals surface area (Å²) in [6, 6.07) is 20.8. The number of carboxylic acids is 1. The third-order valence-corrected chi connectivity index (χ3v) is 15.3. The van der Waals surface area contributed by atoms with Gasteiger partial charge in [0.2, 0.25) is 17.7 Å². The zero-order valence-corrected chi connectivity index (χ0v) is 44.0. The number of unbranched alkanes of at least 4 members (excludes halogenated alkanes) is 1. The highest BCUT2D eigenvalue weighted by Crippen LogP contribution is 2.43. The van der Waals surface area contributed by atoms with Crippen molar-refractivity contribution in [3.8, 4) is 22.9 Å². The summed E-state index contributed by atoms with van der Waals surface area (Å²) in [5.41, 5.74) is 9.35. The van der Waals surface area contributed by atoms with E-state index in [9.17, 15) is 24.3 Å². The number of likely N-dealkylation sites (tertiary alicyclic amines) is 1. The number of benzene rings is 2. The number of nitrogens with one attached hydrogen (secondary N) is 2. The topological polar surface area (TPSA) is 227 Å². The molecule has 2 bridgehead atoms. The standard InChI is InChI=1S/C56H74N10O9/c1-55(2,3)75-54(71)64-27-21-41(22-28-64)73-42-30-43(31-42)74-49-29-38(20-25-58-49)66-39-18-19-40(66)34-65(33-39)47-32-46(61-62-50(47)57)44-11-6-7-13-48(44)72-35-36-14-16-37(17-15-36)59-51(67)45(12-8-9-26-63(4)5)60-52(68)56(53(69)70)23-10-24-56/h6-7,11,13-17,20,25,29,32,39-43,45H,8-10,12,18-19,21-24,26-28,30-31,33-35H2,1-5H3,(H2,57,62)(H,59,67)(H,60,68)(H,69,70)/t39?,40?,42?,43?,45-/m0/s1. The second-order valence-corrected chi connectivity index (χ2v) is 22.2. The van der Waals surface area contributed by atoms with Crippen molar-refractivity contribution in [2.75, 3.05) is 67.7 Å². The van der Waals surface area contributed by atoms with Crippen LogP contribution in [0.15, 0.2) is 72.9 Å². The molecule has 2 aromatic carbocycles. The zero-order valence-electron chi connectivity index (χ0n) is 44.0. The van der Waals surface area contributed by atoms with Crippen LogP contribution in [0.2, 0.25) is 0 Å². The summed E-state index contributed by atoms with van der Waals surface area (Å²) >= 11 is 0. The number of anilines is 4. The lowest BCUT2D eigenvalue weighted by Crippen LogP contribution is -2.55. The number of aromatic nitrogens is 3. The van der Waals surface area contributed by atoms with Crippen molar-refractivity contribution in [2.45, 2.75) is 146 Å². The Hall–Kier alpha value is -6.73. The number of pyridine rings is 1. The number of para-hydroxylation sites is 1. The molecule has 19 nitrogen and oxygen atoms in total. The minimum Gasteiger partial charge on any atom is -0.488 e. The van der Waals surface area contributed by atoms with Gasteiger partial charge in [0, 0.05) is 80.3 Å². The largest absolute Gasteiger partial charge is 0.488 e. The summed E-state index contributed by atoms with van der Waals surface area (Å²) in [7, 11) is 3.96. The molecule has 2 aliphatic carbocycles. The number of carbonyl (C=O) groups excluding carboxylic acids is 3. The molecular weight excluding hydrogens is 957 g/mol. The maximum absolute atomic E-state index is 13.6. The number of carboxylic acid groups (broad SMARTS) is 1. The van der Waals surface area contributed by atoms with E-state index < -0.39 is 34.8 Å². The number of amides is 3. The monoisotopic (exact) mass is 1030 g/mol. The van der Waals surface area contributed by atoms with Crippen LogP contribution < -0.4 is 35.6 Å². The summed E-state index contributed by atoms with van der Waals surface area (Å²) in [5, 5.41) is 24.5. The summed E-state index contributed by atoms with van der Waals surface area (Å²) in [5.74, 6) is -0.531. The van der Waals surface area contributed by atoms with Crippen molar-refractivity contribution in [2.24, 2.45) is 5.41 Å². The van der Waals surface area contributed by atoms with Crippen LogP contribution in [0.5, 0.6) is 11.6 Å². The second kappa shape index (κ2) is 23.0. The average Bonchev–Trinajstić information content (AvgIpc) is 3.62. The van der Waals surface area contributed by atoms with Crippen molar-refractivity contribution < 1.29 is 43.2 Å². The van der Waals surface area contributed by atoms with Gasteiger partial charge in [0.15, 0.2) is 5.82 Å². The maximum atomic E-state index is 13.6. The van der Waals surface area contributed by atoms with E-state index in [1.54, 1.807) is 17.0 Å². The Morgan fingerprint density at radius 3 is 2.28 bits per heavy atom. The first-order valence-corrected chi connectivity index (χ1v) is 26.7. The van der Waals surface area contributed by atoms with Crippen molar-refractivity contribution in [1.82, 2.24) is 30.3 Å². The first-order valence-electron chi connectivity index (χ1n) is 26.7. The third-order valence-electron chi connectivity index (χ3n) is 15.3. The molecule has 9 rings (SSSR count). The molecule has 3 saturated heterocycles. The molecule has 5 aliphatic rings. The smallest absolute Gasteiger partial charge is 0.410 e. The molecule has 3 amide bonds. The molecule has 2 aromatic heterocycles. The Labute approximate surface area is 439 Å². The van der Waals surface area contributed by atoms with Crippen LogP contribution in [0, 0.1) is 5.41 Å². The van der Waals surface area contributed by atoms with Gasteiger partial charge in [-0.1, -0.05) is 30.7 Å². The predicted molar refractivity (Wildman–Crippen MR) is 285 cm³/mol. The molecule has 4 aromatic rings. The van der Waals surface area contributed by atoms with Crippen LogP contribution in [0.3, 0.4) is 0 Å². The minimum absolute atomic E-state index is 0.0400. The summed E-state index contributed by atoms with van der Waals surface area (Å²) < 4.78 is 24.7. The highest BCUT2D eigenvalue weighted by atomic mass is 16.6. The molecule has 5 fully saturated rings. The minimum atomic E-state index is -1.47. The molecular formula is C56H74N10O9. The highest BCUT2D eigenvalue weighted by Gasteiger charge is 2.52. The van der Waals surface area contributed by atoms with Crippen molar-refractivity contribution in [1.29, 1.82) is 0 Å². The Morgan fingerprint density at radius 2 is 1.61 bits per heavy atom. The Balaban J connectivity index is 0.769. The summed E-state index contributed by atoms with van der Waals surface area (Å²) in [6.45, 7) is 9.52. The molecule has 75 heavy (non-hydrogen) atoms. The van der Waals surface area contributed by atoms with Gasteiger partial charge < -0.3 is 60.0 Å². The number of fused-ring (bicyclic) bond motifs is 2. The number of hydrogen-bond donors (Lipinski definition) is 4. The van der Waals surface area contributed by atoms with Gasteiger partial charge in [0.1, 0.15) is 35.5 Å². The molecule has 402 valence electrons. The van der Waals surface area contributed by atoms with Gasteiger partial charge in [-0.3, -0.25) is 14.4 Å². The van der Waals surface area contributed by atoms with Crippen LogP contribution in [-0.4, -0.2) is 143 Å². The fourth-order valence-electron chi connectivity index (χ4n) is 10.9. The van der Waals surface area contributed by atoms with E-state index in [0.717, 1.165) is 87.1 Å². The van der Waals surface area contributed by atoms with Crippen molar-refractivity contribution in [3.05, 3.63) is 78.5 Å². The van der Waals surface area contributed by atoms with Gasteiger partial charge in [-0.2, -0.15) is 0 Å². The normalized spacial score (nSPS) is 21.7. The number of hydrogen-bond acceptors (Lipinski definition) is 15. The predicted octanol–water partition coefficient (Wildman–Crippen LogP) is 7.29. The SMILES string of the molecule is CN(C)CCCC[C@H](NC(=O)C1(C(=O)O)CCC1)C(=O)Nc1ccc(COc2ccccc2-c2cc(N3CC4CCC(C3)N4c3ccnc(OC4CC(OC5CCN(C(=O)OC(C)(C)C)CC5)C4)c3)c(N)nn2)cc1. The molecule has 3 aliphatic heterocycles. The molecule has 3 atom stereocenters. The second-order valence-electron chi connectivity index (χ2n) is 22.2. The number of nitrogen functional groups attached to an aromatic ring is 1. The van der Waals surface area contributed by atoms with Gasteiger partial charge in [-0.25, -0.2) is 9.78 Å². The van der Waals surface area contributed by atoms with Gasteiger partial charge >= 0.3 is 12.1 Å². The Morgan fingerprint density at radius 1 is 0.893 bits per heavy atom. The lowest BCUT2D eigenvalue weighted by atomic mass is 9.68. The number of rotatable bonds is 20. The molecule has 0 radical (unpaired) electrons. The number of carbonyl (C=O) groups is 4. The fourth-order valence-corrected chi connectivity index (χ4v) is 10.9. The molecule has 5 heterocycles. The van der Waals surface area contributed by atoms with Crippen LogP contribution in [0.25, 0.3) is 11.3 Å². The third kappa shape index (κ3) is 12.9. The molecule has 5 N–H and O–H groups in total. The lowest BCUT2D eigenvalue weighted by molar-refractivity contribution is -0.162. The lowest BCUT2D eigenvalue weighted by Gasteiger charge is -2.43. The first-order chi connectivity index (χ1) is 36.0. The number of nitrogens with zero attached hydrogens (tertiary/aromatic N) is 7. The Bertz CT molecular complexity index is 2630. The van der Waals surface area contributed by atoms with Crippen LogP contribution in [0.1, 0.15) is 103 Å². The summed E-state index contributed by atoms with van der Waals surface area (Å²) in [4.78, 5) is 64.6. The van der Waals surface area contributed by atoms with E-state index in [4.69, 9.17) is 24.7 Å². The molecule has 2 saturated carbocycles. The number of piperidine rings is 1. The molecule has 2 unspecified atom stereocenters. The molecule has 19 heteroatoms. The number of piperazine rings is 1. The van der Waals surface area contributed by atoms with Crippen LogP contribution in [0.4, 0.5) is 27.7 Å². The van der Waals surface area contributed by atoms with E-state index in [2.05, 4.69) is 52.6 Å². The number of ether oxygens (including phenoxy) is 4. The average molecular weight is 1030 g/mol. The van der Waals surface area contributed by atoms with Crippen LogP contribution >= 0.6 is 0 Å². The number of aliphatic carboxylic acids is 1. The van der Waals surface area contributed by atoms with Gasteiger partial charge in [-0.05, 0) is 141 Å². The fraction of sp³-hybridized carbons (Fsp3) is 0.554. The Kier molecular flexibility index (Phi) is 16.3. The van der Waals surface area contributed by atoms with Gasteiger partial charge in [-0.15, -0.1) is 10.2 Å². The van der Waals surface area contributed by atoms with E-state index in [0.29, 0.717) is 61.2 Å². The van der Waals surface area contributed by atoms with E-state index in [1.807, 2.05) is 83.5 Å². The first kappa shape index (κ1) is 53.1. The van der Waals surface area contributed by atoms with Crippen molar-refractivity contribution >= 4 is 46.8 Å². The van der Waals surface area contributed by atoms with E-state index in [1.165, 1.54) is 0 Å². The summed E-state index contributed by atoms with van der Waals surface area (Å²) in [6.07, 6.45) is 10.3.